The van der Waals surface area contributed by atoms with Crippen molar-refractivity contribution in [1.29, 1.82) is 0 Å². The zero-order valence-electron chi connectivity index (χ0n) is 16.3. The molecule has 0 saturated heterocycles. The standard InChI is InChI=1S/C22H20N4O2S2/c1-28-19-7-5-15(6-8-19)21-24-25-22(29)26(21)11-9-20(27)23-18-4-2-3-16(13-18)17-10-12-30-14-17/h2-8,10,12-14H,9,11H2,1H3,(H,23,27)(H,25,29). The lowest BCUT2D eigenvalue weighted by Gasteiger charge is -2.09. The van der Waals surface area contributed by atoms with E-state index in [0.29, 0.717) is 17.1 Å². The summed E-state index contributed by atoms with van der Waals surface area (Å²) >= 11 is 7.00. The van der Waals surface area contributed by atoms with E-state index in [2.05, 4.69) is 27.0 Å². The fourth-order valence-corrected chi connectivity index (χ4v) is 4.02. The van der Waals surface area contributed by atoms with Gasteiger partial charge in [-0.05, 0) is 76.6 Å². The topological polar surface area (TPSA) is 71.9 Å². The molecule has 0 spiro atoms. The Bertz CT molecular complexity index is 1190. The maximum absolute atomic E-state index is 12.5. The van der Waals surface area contributed by atoms with Gasteiger partial charge in [0.15, 0.2) is 10.6 Å². The number of hydrogen-bond acceptors (Lipinski definition) is 5. The molecule has 152 valence electrons. The summed E-state index contributed by atoms with van der Waals surface area (Å²) in [5.41, 5.74) is 3.89. The number of anilines is 1. The first-order chi connectivity index (χ1) is 14.6. The average Bonchev–Trinajstić information content (AvgIpc) is 3.43. The highest BCUT2D eigenvalue weighted by Gasteiger charge is 2.11. The molecule has 0 unspecified atom stereocenters. The van der Waals surface area contributed by atoms with Crippen molar-refractivity contribution in [2.45, 2.75) is 13.0 Å². The molecule has 2 aromatic carbocycles. The van der Waals surface area contributed by atoms with Crippen molar-refractivity contribution >= 4 is 35.1 Å². The van der Waals surface area contributed by atoms with E-state index in [1.165, 1.54) is 0 Å². The number of aromatic nitrogens is 3. The minimum absolute atomic E-state index is 0.0822. The van der Waals surface area contributed by atoms with Crippen LogP contribution in [0.3, 0.4) is 0 Å². The zero-order valence-corrected chi connectivity index (χ0v) is 17.9. The van der Waals surface area contributed by atoms with Crippen molar-refractivity contribution in [1.82, 2.24) is 14.8 Å². The molecule has 0 atom stereocenters. The largest absolute Gasteiger partial charge is 0.497 e. The minimum Gasteiger partial charge on any atom is -0.497 e. The Kier molecular flexibility index (Phi) is 6.06. The maximum atomic E-state index is 12.5. The Balaban J connectivity index is 1.44. The molecule has 4 aromatic rings. The van der Waals surface area contributed by atoms with Gasteiger partial charge in [0, 0.05) is 24.2 Å². The van der Waals surface area contributed by atoms with Crippen LogP contribution in [-0.2, 0) is 11.3 Å². The summed E-state index contributed by atoms with van der Waals surface area (Å²) in [6.45, 7) is 0.423. The van der Waals surface area contributed by atoms with E-state index in [0.717, 1.165) is 28.1 Å². The smallest absolute Gasteiger partial charge is 0.226 e. The Morgan fingerprint density at radius 1 is 1.17 bits per heavy atom. The summed E-state index contributed by atoms with van der Waals surface area (Å²) < 4.78 is 7.51. The van der Waals surface area contributed by atoms with E-state index in [-0.39, 0.29) is 12.3 Å². The lowest BCUT2D eigenvalue weighted by Crippen LogP contribution is -2.15. The summed E-state index contributed by atoms with van der Waals surface area (Å²) in [7, 11) is 1.62. The molecule has 0 saturated carbocycles. The van der Waals surface area contributed by atoms with Gasteiger partial charge < -0.3 is 10.1 Å². The molecule has 1 amide bonds. The number of carbonyl (C=O) groups excluding carboxylic acids is 1. The van der Waals surface area contributed by atoms with Crippen LogP contribution in [0, 0.1) is 4.77 Å². The number of ether oxygens (including phenoxy) is 1. The van der Waals surface area contributed by atoms with Gasteiger partial charge >= 0.3 is 0 Å². The number of H-pyrrole nitrogens is 1. The van der Waals surface area contributed by atoms with Crippen LogP contribution in [0.4, 0.5) is 5.69 Å². The highest BCUT2D eigenvalue weighted by molar-refractivity contribution is 7.71. The number of methoxy groups -OCH3 is 1. The number of thiophene rings is 1. The van der Waals surface area contributed by atoms with Gasteiger partial charge in [-0.1, -0.05) is 12.1 Å². The third-order valence-corrected chi connectivity index (χ3v) is 5.66. The van der Waals surface area contributed by atoms with E-state index in [9.17, 15) is 4.79 Å². The molecule has 0 aliphatic heterocycles. The number of hydrogen-bond donors (Lipinski definition) is 2. The second-order valence-electron chi connectivity index (χ2n) is 6.62. The van der Waals surface area contributed by atoms with Crippen LogP contribution in [-0.4, -0.2) is 27.8 Å². The monoisotopic (exact) mass is 436 g/mol. The van der Waals surface area contributed by atoms with Crippen LogP contribution in [0.15, 0.2) is 65.4 Å². The average molecular weight is 437 g/mol. The van der Waals surface area contributed by atoms with Gasteiger partial charge in [-0.25, -0.2) is 0 Å². The molecule has 4 rings (SSSR count). The number of carbonyl (C=O) groups is 1. The van der Waals surface area contributed by atoms with Crippen molar-refractivity contribution in [3.05, 3.63) is 70.1 Å². The number of nitrogens with one attached hydrogen (secondary N) is 2. The Morgan fingerprint density at radius 2 is 2.00 bits per heavy atom. The maximum Gasteiger partial charge on any atom is 0.226 e. The van der Waals surface area contributed by atoms with E-state index in [4.69, 9.17) is 17.0 Å². The molecule has 2 heterocycles. The fourth-order valence-electron chi connectivity index (χ4n) is 3.13. The van der Waals surface area contributed by atoms with Crippen LogP contribution in [0.25, 0.3) is 22.5 Å². The normalized spacial score (nSPS) is 10.7. The molecule has 2 N–H and O–H groups in total. The third-order valence-electron chi connectivity index (χ3n) is 4.67. The summed E-state index contributed by atoms with van der Waals surface area (Å²) in [5.74, 6) is 1.37. The number of amides is 1. The number of nitrogens with zero attached hydrogens (tertiary/aromatic N) is 2. The first-order valence-corrected chi connectivity index (χ1v) is 10.7. The summed E-state index contributed by atoms with van der Waals surface area (Å²) in [4.78, 5) is 12.5. The van der Waals surface area contributed by atoms with Crippen LogP contribution < -0.4 is 10.1 Å². The van der Waals surface area contributed by atoms with Crippen molar-refractivity contribution in [3.63, 3.8) is 0 Å². The van der Waals surface area contributed by atoms with E-state index in [1.807, 2.05) is 58.5 Å². The lowest BCUT2D eigenvalue weighted by molar-refractivity contribution is -0.116. The Morgan fingerprint density at radius 3 is 2.73 bits per heavy atom. The van der Waals surface area contributed by atoms with Crippen molar-refractivity contribution in [2.75, 3.05) is 12.4 Å². The summed E-state index contributed by atoms with van der Waals surface area (Å²) in [6, 6.07) is 17.5. The first-order valence-electron chi connectivity index (χ1n) is 9.36. The van der Waals surface area contributed by atoms with Gasteiger partial charge in [0.1, 0.15) is 5.75 Å². The number of rotatable bonds is 7. The molecule has 0 aliphatic carbocycles. The molecule has 0 aliphatic rings. The predicted octanol–water partition coefficient (Wildman–Crippen LogP) is 5.37. The molecule has 8 heteroatoms. The highest BCUT2D eigenvalue weighted by atomic mass is 32.1. The van der Waals surface area contributed by atoms with E-state index in [1.54, 1.807) is 18.4 Å². The van der Waals surface area contributed by atoms with E-state index < -0.39 is 0 Å². The van der Waals surface area contributed by atoms with Crippen LogP contribution in [0.1, 0.15) is 6.42 Å². The molecule has 0 radical (unpaired) electrons. The molecule has 0 bridgehead atoms. The Hall–Kier alpha value is -3.23. The first kappa shape index (κ1) is 20.1. The summed E-state index contributed by atoms with van der Waals surface area (Å²) in [5, 5.41) is 14.2. The predicted molar refractivity (Wildman–Crippen MR) is 122 cm³/mol. The minimum atomic E-state index is -0.0822. The third kappa shape index (κ3) is 4.50. The molecule has 6 nitrogen and oxygen atoms in total. The van der Waals surface area contributed by atoms with Crippen LogP contribution in [0.2, 0.25) is 0 Å². The Labute approximate surface area is 183 Å². The molecule has 30 heavy (non-hydrogen) atoms. The van der Waals surface area contributed by atoms with E-state index >= 15 is 0 Å². The van der Waals surface area contributed by atoms with Crippen molar-refractivity contribution in [3.8, 4) is 28.3 Å². The van der Waals surface area contributed by atoms with Gasteiger partial charge in [-0.2, -0.15) is 16.4 Å². The van der Waals surface area contributed by atoms with Crippen molar-refractivity contribution < 1.29 is 9.53 Å². The van der Waals surface area contributed by atoms with Gasteiger partial charge in [0.05, 0.1) is 7.11 Å². The SMILES string of the molecule is COc1ccc(-c2n[nH]c(=S)n2CCC(=O)Nc2cccc(-c3ccsc3)c2)cc1. The van der Waals surface area contributed by atoms with Gasteiger partial charge in [0.2, 0.25) is 5.91 Å². The highest BCUT2D eigenvalue weighted by Crippen LogP contribution is 2.25. The van der Waals surface area contributed by atoms with Crippen molar-refractivity contribution in [2.24, 2.45) is 0 Å². The van der Waals surface area contributed by atoms with Crippen LogP contribution >= 0.6 is 23.6 Å². The molecular weight excluding hydrogens is 416 g/mol. The molecule has 2 aromatic heterocycles. The van der Waals surface area contributed by atoms with Gasteiger partial charge in [-0.15, -0.1) is 0 Å². The second-order valence-corrected chi connectivity index (χ2v) is 7.79. The quantitative estimate of drug-likeness (QED) is 0.382. The molecule has 0 fully saturated rings. The second kappa shape index (κ2) is 9.06. The fraction of sp³-hybridized carbons (Fsp3) is 0.136. The van der Waals surface area contributed by atoms with Gasteiger partial charge in [-0.3, -0.25) is 14.5 Å². The summed E-state index contributed by atoms with van der Waals surface area (Å²) in [6.07, 6.45) is 0.277. The zero-order chi connectivity index (χ0) is 20.9. The number of aromatic amines is 1. The van der Waals surface area contributed by atoms with Gasteiger partial charge in [0.25, 0.3) is 0 Å². The lowest BCUT2D eigenvalue weighted by atomic mass is 10.1. The molecular formula is C22H20N4O2S2. The van der Waals surface area contributed by atoms with Crippen LogP contribution in [0.5, 0.6) is 5.75 Å². The number of benzene rings is 2.